The lowest BCUT2D eigenvalue weighted by Crippen LogP contribution is -2.15. The topological polar surface area (TPSA) is 0 Å². The first-order valence-electron chi connectivity index (χ1n) is 31.1. The molecule has 15 aromatic carbocycles. The molecule has 2 aliphatic carbocycles. The number of benzene rings is 15. The molecule has 0 bridgehead atoms. The zero-order chi connectivity index (χ0) is 58.4. The van der Waals surface area contributed by atoms with Crippen molar-refractivity contribution in [2.45, 2.75) is 58.3 Å². The van der Waals surface area contributed by atoms with E-state index in [0.717, 1.165) is 0 Å². The number of hydrogen-bond donors (Lipinski definition) is 0. The minimum absolute atomic E-state index is 0.105. The van der Waals surface area contributed by atoms with E-state index in [9.17, 15) is 0 Å². The van der Waals surface area contributed by atoms with E-state index in [0.29, 0.717) is 5.92 Å². The first-order valence-corrected chi connectivity index (χ1v) is 31.1. The van der Waals surface area contributed by atoms with Crippen LogP contribution < -0.4 is 0 Å². The third kappa shape index (κ3) is 7.57. The summed E-state index contributed by atoms with van der Waals surface area (Å²) in [5, 5.41) is 15.2. The summed E-state index contributed by atoms with van der Waals surface area (Å²) in [6.45, 7) is 14.2. The van der Waals surface area contributed by atoms with Crippen molar-refractivity contribution in [1.29, 1.82) is 0 Å². The molecule has 0 saturated carbocycles. The van der Waals surface area contributed by atoms with Crippen LogP contribution in [-0.2, 0) is 10.8 Å². The first-order chi connectivity index (χ1) is 42.5. The van der Waals surface area contributed by atoms with Gasteiger partial charge in [-0.3, -0.25) is 0 Å². The van der Waals surface area contributed by atoms with E-state index in [-0.39, 0.29) is 10.8 Å². The Morgan fingerprint density at radius 1 is 0.207 bits per heavy atom. The van der Waals surface area contributed by atoms with Crippen LogP contribution in [0.5, 0.6) is 0 Å². The summed E-state index contributed by atoms with van der Waals surface area (Å²) in [5.41, 5.74) is 27.0. The first kappa shape index (κ1) is 51.3. The van der Waals surface area contributed by atoms with Gasteiger partial charge in [0.25, 0.3) is 0 Å². The molecule has 0 heteroatoms. The molecule has 0 radical (unpaired) electrons. The second kappa shape index (κ2) is 19.2. The van der Waals surface area contributed by atoms with E-state index in [1.165, 1.54) is 181 Å². The fraction of sp³-hybridized carbons (Fsp3) is 0.103. The molecule has 0 nitrogen and oxygen atoms in total. The lowest BCUT2D eigenvalue weighted by Gasteiger charge is -2.25. The van der Waals surface area contributed by atoms with Gasteiger partial charge >= 0.3 is 0 Å². The van der Waals surface area contributed by atoms with Gasteiger partial charge < -0.3 is 0 Å². The lowest BCUT2D eigenvalue weighted by molar-refractivity contribution is 0.660. The fourth-order valence-electron chi connectivity index (χ4n) is 16.0. The molecule has 0 heterocycles. The van der Waals surface area contributed by atoms with Crippen LogP contribution in [0.2, 0.25) is 0 Å². The van der Waals surface area contributed by atoms with Crippen LogP contribution in [0.15, 0.2) is 273 Å². The molecule has 17 rings (SSSR count). The SMILES string of the molecule is CC(C)c1ccc(-c2ccc(-c3c4ccccc4c(-c4ccc5c(c4)C(C)(C)c4cc(-c6c7ccccc7c(-c7c8ccccc8c(-c8ccc9c(c8)C(C)(C)c8ccccc8-9)c8ccccc78)c7ccccc67)ccc4-5)c4ccccc34)cc2)cc1. The molecule has 0 aliphatic heterocycles. The van der Waals surface area contributed by atoms with Crippen LogP contribution in [-0.4, -0.2) is 0 Å². The molecule has 87 heavy (non-hydrogen) atoms. The standard InChI is InChI=1S/C87H64/c1-52(2)53-35-37-54(38-36-53)55-39-41-56(42-40-55)80-64-22-7-9-24-66(64)81(67-25-10-8-23-65(67)80)58-44-47-62-63-48-45-59(51-79(63)87(5,6)78(62)50-58)83-70-28-13-17-32-74(70)85(75-33-18-14-29-71(75)83)84-72-30-15-11-26-68(72)82(69-27-12-16-31-73(69)84)57-43-46-61-60-21-19-20-34-76(60)86(3,4)77(61)49-57/h7-52H,1-6H3. The van der Waals surface area contributed by atoms with Gasteiger partial charge in [-0.25, -0.2) is 0 Å². The van der Waals surface area contributed by atoms with Crippen molar-refractivity contribution in [3.05, 3.63) is 301 Å². The van der Waals surface area contributed by atoms with Crippen molar-refractivity contribution in [1.82, 2.24) is 0 Å². The lowest BCUT2D eigenvalue weighted by atomic mass is 9.78. The van der Waals surface area contributed by atoms with E-state index in [1.54, 1.807) is 0 Å². The molecule has 15 aromatic rings. The molecule has 0 atom stereocenters. The normalized spacial score (nSPS) is 13.7. The van der Waals surface area contributed by atoms with Crippen LogP contribution >= 0.6 is 0 Å². The second-order valence-electron chi connectivity index (χ2n) is 26.0. The quantitative estimate of drug-likeness (QED) is 0.140. The van der Waals surface area contributed by atoms with E-state index < -0.39 is 0 Å². The number of rotatable bonds is 7. The van der Waals surface area contributed by atoms with Gasteiger partial charge in [0.2, 0.25) is 0 Å². The van der Waals surface area contributed by atoms with Gasteiger partial charge in [-0.2, -0.15) is 0 Å². The average molecular weight is 1110 g/mol. The number of fused-ring (bicyclic) bond motifs is 12. The largest absolute Gasteiger partial charge is 0.0619 e. The molecule has 0 N–H and O–H groups in total. The molecule has 0 fully saturated rings. The second-order valence-corrected chi connectivity index (χ2v) is 26.0. The number of hydrogen-bond acceptors (Lipinski definition) is 0. The summed E-state index contributed by atoms with van der Waals surface area (Å²) in [5.74, 6) is 0.508. The maximum atomic E-state index is 2.53. The van der Waals surface area contributed by atoms with E-state index >= 15 is 0 Å². The van der Waals surface area contributed by atoms with Crippen LogP contribution in [0, 0.1) is 0 Å². The highest BCUT2D eigenvalue weighted by atomic mass is 14.4. The van der Waals surface area contributed by atoms with Gasteiger partial charge in [0, 0.05) is 10.8 Å². The fourth-order valence-corrected chi connectivity index (χ4v) is 16.0. The van der Waals surface area contributed by atoms with Crippen LogP contribution in [0.1, 0.15) is 75.3 Å². The Kier molecular flexibility index (Phi) is 11.3. The zero-order valence-corrected chi connectivity index (χ0v) is 50.1. The van der Waals surface area contributed by atoms with Crippen LogP contribution in [0.3, 0.4) is 0 Å². The van der Waals surface area contributed by atoms with Crippen molar-refractivity contribution < 1.29 is 0 Å². The maximum Gasteiger partial charge on any atom is 0.0159 e. The minimum Gasteiger partial charge on any atom is -0.0619 e. The Hall–Kier alpha value is -10.1. The minimum atomic E-state index is -0.275. The third-order valence-electron chi connectivity index (χ3n) is 20.3. The van der Waals surface area contributed by atoms with Gasteiger partial charge in [0.15, 0.2) is 0 Å². The Balaban J connectivity index is 0.791. The third-order valence-corrected chi connectivity index (χ3v) is 20.3. The van der Waals surface area contributed by atoms with Crippen molar-refractivity contribution in [2.75, 3.05) is 0 Å². The smallest absolute Gasteiger partial charge is 0.0159 e. The van der Waals surface area contributed by atoms with Gasteiger partial charge in [0.05, 0.1) is 0 Å². The molecule has 0 spiro atoms. The molecule has 0 unspecified atom stereocenters. The Labute approximate surface area is 509 Å². The summed E-state index contributed by atoms with van der Waals surface area (Å²) < 4.78 is 0. The van der Waals surface area contributed by atoms with Crippen molar-refractivity contribution in [3.8, 4) is 89.0 Å². The maximum absolute atomic E-state index is 2.53. The molecule has 2 aliphatic rings. The van der Waals surface area contributed by atoms with Crippen LogP contribution in [0.4, 0.5) is 0 Å². The Morgan fingerprint density at radius 2 is 0.437 bits per heavy atom. The van der Waals surface area contributed by atoms with E-state index in [4.69, 9.17) is 0 Å². The Morgan fingerprint density at radius 3 is 0.759 bits per heavy atom. The summed E-state index contributed by atoms with van der Waals surface area (Å²) in [4.78, 5) is 0. The molecule has 412 valence electrons. The van der Waals surface area contributed by atoms with E-state index in [2.05, 4.69) is 315 Å². The highest BCUT2D eigenvalue weighted by Crippen LogP contribution is 2.56. The van der Waals surface area contributed by atoms with Gasteiger partial charge in [0.1, 0.15) is 0 Å². The van der Waals surface area contributed by atoms with E-state index in [1.807, 2.05) is 0 Å². The molecule has 0 amide bonds. The Bertz CT molecular complexity index is 5220. The summed E-state index contributed by atoms with van der Waals surface area (Å²) in [6.07, 6.45) is 0. The molecular weight excluding hydrogens is 1040 g/mol. The molecule has 0 saturated heterocycles. The summed E-state index contributed by atoms with van der Waals surface area (Å²) in [6, 6.07) is 104. The van der Waals surface area contributed by atoms with Crippen molar-refractivity contribution in [2.24, 2.45) is 0 Å². The summed E-state index contributed by atoms with van der Waals surface area (Å²) >= 11 is 0. The molecular formula is C87H64. The monoisotopic (exact) mass is 1110 g/mol. The van der Waals surface area contributed by atoms with Crippen molar-refractivity contribution >= 4 is 64.6 Å². The summed E-state index contributed by atoms with van der Waals surface area (Å²) in [7, 11) is 0. The highest BCUT2D eigenvalue weighted by Gasteiger charge is 2.38. The van der Waals surface area contributed by atoms with Gasteiger partial charge in [-0.05, 0) is 206 Å². The highest BCUT2D eigenvalue weighted by molar-refractivity contribution is 6.30. The zero-order valence-electron chi connectivity index (χ0n) is 50.1. The predicted octanol–water partition coefficient (Wildman–Crippen LogP) is 24.3. The predicted molar refractivity (Wildman–Crippen MR) is 373 cm³/mol. The van der Waals surface area contributed by atoms with Gasteiger partial charge in [-0.1, -0.05) is 296 Å². The average Bonchev–Trinajstić information content (AvgIpc) is 1.74. The molecule has 0 aromatic heterocycles. The van der Waals surface area contributed by atoms with Crippen LogP contribution in [0.25, 0.3) is 154 Å². The van der Waals surface area contributed by atoms with Crippen molar-refractivity contribution in [3.63, 3.8) is 0 Å². The van der Waals surface area contributed by atoms with Gasteiger partial charge in [-0.15, -0.1) is 0 Å².